The summed E-state index contributed by atoms with van der Waals surface area (Å²) in [6.45, 7) is 8.93. The Morgan fingerprint density at radius 3 is 1.88 bits per heavy atom. The predicted octanol–water partition coefficient (Wildman–Crippen LogP) is 3.04. The lowest BCUT2D eigenvalue weighted by Gasteiger charge is -1.98. The molecule has 0 N–H and O–H groups in total. The summed E-state index contributed by atoms with van der Waals surface area (Å²) in [5.41, 5.74) is 0. The van der Waals surface area contributed by atoms with Crippen molar-refractivity contribution in [2.45, 2.75) is 40.5 Å². The van der Waals surface area contributed by atoms with Crippen LogP contribution in [0.15, 0.2) is 0 Å². The van der Waals surface area contributed by atoms with Crippen LogP contribution in [0.3, 0.4) is 0 Å². The van der Waals surface area contributed by atoms with Crippen molar-refractivity contribution >= 4 is 0 Å². The van der Waals surface area contributed by atoms with Gasteiger partial charge in [-0.1, -0.05) is 13.8 Å². The van der Waals surface area contributed by atoms with E-state index in [2.05, 4.69) is 27.7 Å². The summed E-state index contributed by atoms with van der Waals surface area (Å²) in [7, 11) is 0. The monoisotopic (exact) mass is 113 g/mol. The zero-order valence-electron chi connectivity index (χ0n) is 6.49. The Balaban J connectivity index is 2.93. The number of rotatable bonds is 3. The van der Waals surface area contributed by atoms with Gasteiger partial charge in [-0.15, -0.1) is 0 Å². The van der Waals surface area contributed by atoms with Crippen molar-refractivity contribution in [3.05, 3.63) is 5.92 Å². The molecule has 0 nitrogen and oxygen atoms in total. The molecule has 0 fully saturated rings. The maximum Gasteiger partial charge on any atom is 0.0896 e. The molecule has 0 bridgehead atoms. The molecule has 0 spiro atoms. The summed E-state index contributed by atoms with van der Waals surface area (Å²) in [6, 6.07) is 0. The molecule has 0 unspecified atom stereocenters. The Morgan fingerprint density at radius 1 is 1.25 bits per heavy atom. The molecule has 0 aliphatic rings. The molecule has 0 aliphatic carbocycles. The van der Waals surface area contributed by atoms with E-state index in [1.165, 1.54) is 12.8 Å². The molecule has 0 saturated heterocycles. The van der Waals surface area contributed by atoms with Crippen molar-refractivity contribution in [2.24, 2.45) is 5.92 Å². The minimum atomic E-state index is 0.866. The van der Waals surface area contributed by atoms with Crippen molar-refractivity contribution < 1.29 is 0 Å². The van der Waals surface area contributed by atoms with E-state index in [1.54, 1.807) is 5.92 Å². The smallest absolute Gasteiger partial charge is 0.0626 e. The molecule has 0 aliphatic heterocycles. The van der Waals surface area contributed by atoms with Gasteiger partial charge in [0.25, 0.3) is 0 Å². The molecule has 0 rings (SSSR count). The van der Waals surface area contributed by atoms with Crippen molar-refractivity contribution in [1.82, 2.24) is 0 Å². The molecule has 0 aromatic rings. The largest absolute Gasteiger partial charge is 0.0896 e. The second-order valence-electron chi connectivity index (χ2n) is 3.14. The van der Waals surface area contributed by atoms with Crippen LogP contribution in [0.1, 0.15) is 40.5 Å². The van der Waals surface area contributed by atoms with Crippen molar-refractivity contribution in [3.8, 4) is 0 Å². The van der Waals surface area contributed by atoms with Crippen LogP contribution in [0.25, 0.3) is 0 Å². The molecule has 0 heteroatoms. The van der Waals surface area contributed by atoms with Gasteiger partial charge in [-0.3, -0.25) is 0 Å². The van der Waals surface area contributed by atoms with Gasteiger partial charge in [-0.25, -0.2) is 0 Å². The van der Waals surface area contributed by atoms with E-state index in [-0.39, 0.29) is 0 Å². The molecule has 0 aromatic carbocycles. The average Bonchev–Trinajstić information content (AvgIpc) is 1.61. The van der Waals surface area contributed by atoms with Crippen LogP contribution in [-0.2, 0) is 0 Å². The summed E-state index contributed by atoms with van der Waals surface area (Å²) in [6.07, 6.45) is 2.65. The molecular weight excluding hydrogens is 96.1 g/mol. The molecule has 8 heavy (non-hydrogen) atoms. The van der Waals surface area contributed by atoms with Gasteiger partial charge < -0.3 is 0 Å². The van der Waals surface area contributed by atoms with Crippen LogP contribution >= 0.6 is 0 Å². The molecular formula is C8H17+. The number of hydrogen-bond donors (Lipinski definition) is 0. The SMILES string of the molecule is C[C+](C)CCC(C)C. The van der Waals surface area contributed by atoms with Gasteiger partial charge in [0.05, 0.1) is 26.2 Å². The van der Waals surface area contributed by atoms with Crippen LogP contribution in [0, 0.1) is 11.8 Å². The van der Waals surface area contributed by atoms with Crippen LogP contribution in [0.2, 0.25) is 0 Å². The Labute approximate surface area is 53.3 Å². The van der Waals surface area contributed by atoms with E-state index in [4.69, 9.17) is 0 Å². The highest BCUT2D eigenvalue weighted by atomic mass is 14.0. The van der Waals surface area contributed by atoms with E-state index >= 15 is 0 Å². The summed E-state index contributed by atoms with van der Waals surface area (Å²) in [5, 5.41) is 0. The third-order valence-electron chi connectivity index (χ3n) is 1.22. The Kier molecular flexibility index (Phi) is 3.76. The first kappa shape index (κ1) is 7.87. The van der Waals surface area contributed by atoms with Crippen molar-refractivity contribution in [3.63, 3.8) is 0 Å². The van der Waals surface area contributed by atoms with Crippen molar-refractivity contribution in [1.29, 1.82) is 0 Å². The minimum absolute atomic E-state index is 0.866. The van der Waals surface area contributed by atoms with Gasteiger partial charge in [0.15, 0.2) is 0 Å². The first-order chi connectivity index (χ1) is 3.63. The third-order valence-corrected chi connectivity index (χ3v) is 1.22. The molecule has 0 radical (unpaired) electrons. The summed E-state index contributed by atoms with van der Waals surface area (Å²) >= 11 is 0. The topological polar surface area (TPSA) is 0 Å². The molecule has 0 aromatic heterocycles. The zero-order valence-corrected chi connectivity index (χ0v) is 6.49. The quantitative estimate of drug-likeness (QED) is 0.493. The van der Waals surface area contributed by atoms with Gasteiger partial charge in [0.2, 0.25) is 0 Å². The first-order valence-electron chi connectivity index (χ1n) is 3.42. The van der Waals surface area contributed by atoms with Crippen LogP contribution in [0.4, 0.5) is 0 Å². The van der Waals surface area contributed by atoms with Gasteiger partial charge in [0.1, 0.15) is 0 Å². The highest BCUT2D eigenvalue weighted by molar-refractivity contribution is 4.76. The van der Waals surface area contributed by atoms with Crippen molar-refractivity contribution in [2.75, 3.05) is 0 Å². The Hall–Kier alpha value is -0.130. The average molecular weight is 113 g/mol. The normalized spacial score (nSPS) is 10.1. The molecule has 0 amide bonds. The summed E-state index contributed by atoms with van der Waals surface area (Å²) in [4.78, 5) is 0. The Bertz CT molecular complexity index is 36.0. The van der Waals surface area contributed by atoms with Crippen LogP contribution < -0.4 is 0 Å². The maximum atomic E-state index is 2.27. The molecule has 0 atom stereocenters. The molecule has 48 valence electrons. The summed E-state index contributed by atoms with van der Waals surface area (Å²) in [5.74, 6) is 2.42. The van der Waals surface area contributed by atoms with Crippen LogP contribution in [0.5, 0.6) is 0 Å². The lowest BCUT2D eigenvalue weighted by Crippen LogP contribution is -1.90. The van der Waals surface area contributed by atoms with E-state index in [9.17, 15) is 0 Å². The second kappa shape index (κ2) is 3.82. The highest BCUT2D eigenvalue weighted by Crippen LogP contribution is 2.11. The minimum Gasteiger partial charge on any atom is -0.0626 e. The molecule has 0 saturated carbocycles. The fraction of sp³-hybridized carbons (Fsp3) is 0.875. The fourth-order valence-electron chi connectivity index (χ4n) is 0.577. The predicted molar refractivity (Wildman–Crippen MR) is 38.7 cm³/mol. The van der Waals surface area contributed by atoms with Gasteiger partial charge >= 0.3 is 0 Å². The highest BCUT2D eigenvalue weighted by Gasteiger charge is 2.04. The van der Waals surface area contributed by atoms with Gasteiger partial charge in [-0.05, 0) is 12.3 Å². The van der Waals surface area contributed by atoms with E-state index in [0.717, 1.165) is 5.92 Å². The number of hydrogen-bond acceptors (Lipinski definition) is 0. The van der Waals surface area contributed by atoms with Crippen LogP contribution in [-0.4, -0.2) is 0 Å². The van der Waals surface area contributed by atoms with E-state index in [0.29, 0.717) is 0 Å². The lowest BCUT2D eigenvalue weighted by molar-refractivity contribution is 0.564. The lowest BCUT2D eigenvalue weighted by atomic mass is 10.0. The summed E-state index contributed by atoms with van der Waals surface area (Å²) < 4.78 is 0. The van der Waals surface area contributed by atoms with E-state index < -0.39 is 0 Å². The second-order valence-corrected chi connectivity index (χ2v) is 3.14. The van der Waals surface area contributed by atoms with Gasteiger partial charge in [-0.2, -0.15) is 0 Å². The maximum absolute atomic E-state index is 2.27. The zero-order chi connectivity index (χ0) is 6.57. The Morgan fingerprint density at radius 2 is 1.75 bits per heavy atom. The van der Waals surface area contributed by atoms with E-state index in [1.807, 2.05) is 0 Å². The molecule has 0 heterocycles. The standard InChI is InChI=1S/C8H17/c1-7(2)5-6-8(3)4/h7H,5-6H2,1-4H3/q+1. The van der Waals surface area contributed by atoms with Gasteiger partial charge in [0, 0.05) is 0 Å². The fourth-order valence-corrected chi connectivity index (χ4v) is 0.577. The third kappa shape index (κ3) is 5.87. The first-order valence-corrected chi connectivity index (χ1v) is 3.42.